The minimum Gasteiger partial charge on any atom is -0.458 e. The van der Waals surface area contributed by atoms with Gasteiger partial charge in [-0.1, -0.05) is 18.2 Å². The summed E-state index contributed by atoms with van der Waals surface area (Å²) in [6.45, 7) is 3.66. The Kier molecular flexibility index (Phi) is 3.71. The number of carbonyl (C=O) groups excluding carboxylic acids is 2. The molecule has 2 unspecified atom stereocenters. The van der Waals surface area contributed by atoms with Crippen LogP contribution in [-0.2, 0) is 19.1 Å². The molecule has 0 radical (unpaired) electrons. The molecule has 3 rings (SSSR count). The summed E-state index contributed by atoms with van der Waals surface area (Å²) in [6, 6.07) is 9.59. The maximum atomic E-state index is 12.5. The zero-order chi connectivity index (χ0) is 15.7. The fraction of sp³-hybridized carbons (Fsp3) is 0.294. The van der Waals surface area contributed by atoms with Gasteiger partial charge in [0.05, 0.1) is 11.8 Å². The topological polar surface area (TPSA) is 55.8 Å². The van der Waals surface area contributed by atoms with Crippen LogP contribution in [-0.4, -0.2) is 24.2 Å². The molecule has 1 saturated heterocycles. The van der Waals surface area contributed by atoms with Crippen molar-refractivity contribution >= 4 is 17.6 Å². The summed E-state index contributed by atoms with van der Waals surface area (Å²) in [6.07, 6.45) is 2.86. The lowest BCUT2D eigenvalue weighted by molar-refractivity contribution is -0.152. The van der Waals surface area contributed by atoms with Gasteiger partial charge in [0, 0.05) is 29.8 Å². The Bertz CT molecular complexity index is 662. The highest BCUT2D eigenvalue weighted by Gasteiger charge is 2.34. The van der Waals surface area contributed by atoms with E-state index in [2.05, 4.69) is 0 Å². The van der Waals surface area contributed by atoms with E-state index in [1.165, 1.54) is 6.26 Å². The van der Waals surface area contributed by atoms with E-state index in [4.69, 9.17) is 9.47 Å². The lowest BCUT2D eigenvalue weighted by Crippen LogP contribution is -2.30. The van der Waals surface area contributed by atoms with Crippen molar-refractivity contribution in [2.45, 2.75) is 32.6 Å². The molecule has 114 valence electrons. The van der Waals surface area contributed by atoms with Gasteiger partial charge in [0.2, 0.25) is 0 Å². The second kappa shape index (κ2) is 5.67. The zero-order valence-electron chi connectivity index (χ0n) is 12.5. The number of hydrogen-bond donors (Lipinski definition) is 0. The zero-order valence-corrected chi connectivity index (χ0v) is 12.5. The summed E-state index contributed by atoms with van der Waals surface area (Å²) < 4.78 is 10.4. The minimum atomic E-state index is -0.742. The quantitative estimate of drug-likeness (QED) is 0.489. The van der Waals surface area contributed by atoms with Crippen LogP contribution in [0.15, 0.2) is 53.8 Å². The summed E-state index contributed by atoms with van der Waals surface area (Å²) in [5.41, 5.74) is 1.96. The third-order valence-corrected chi connectivity index (χ3v) is 3.76. The van der Waals surface area contributed by atoms with Crippen LogP contribution in [0.1, 0.15) is 20.3 Å². The van der Waals surface area contributed by atoms with Crippen molar-refractivity contribution in [3.05, 3.63) is 53.8 Å². The molecular formula is C17H17NO4. The monoisotopic (exact) mass is 299 g/mol. The van der Waals surface area contributed by atoms with Gasteiger partial charge in [-0.05, 0) is 26.0 Å². The predicted octanol–water partition coefficient (Wildman–Crippen LogP) is 2.54. The van der Waals surface area contributed by atoms with E-state index >= 15 is 0 Å². The lowest BCUT2D eigenvalue weighted by Gasteiger charge is -2.20. The molecule has 0 saturated carbocycles. The van der Waals surface area contributed by atoms with Gasteiger partial charge in [-0.15, -0.1) is 0 Å². The Morgan fingerprint density at radius 2 is 2.00 bits per heavy atom. The number of ether oxygens (including phenoxy) is 2. The third kappa shape index (κ3) is 2.62. The number of rotatable bonds is 3. The number of carbonyl (C=O) groups is 2. The van der Waals surface area contributed by atoms with Crippen molar-refractivity contribution in [1.29, 1.82) is 0 Å². The highest BCUT2D eigenvalue weighted by molar-refractivity contribution is 6.08. The first kappa shape index (κ1) is 14.4. The first-order valence-corrected chi connectivity index (χ1v) is 7.19. The molecule has 0 aliphatic carbocycles. The van der Waals surface area contributed by atoms with Crippen LogP contribution in [0.2, 0.25) is 0 Å². The number of amides is 1. The van der Waals surface area contributed by atoms with Gasteiger partial charge in [0.1, 0.15) is 0 Å². The van der Waals surface area contributed by atoms with Crippen LogP contribution in [0, 0.1) is 0 Å². The van der Waals surface area contributed by atoms with E-state index in [0.717, 1.165) is 5.69 Å². The Morgan fingerprint density at radius 3 is 2.64 bits per heavy atom. The summed E-state index contributed by atoms with van der Waals surface area (Å²) >= 11 is 0. The molecule has 1 fully saturated rings. The van der Waals surface area contributed by atoms with Crippen molar-refractivity contribution in [3.8, 4) is 0 Å². The Morgan fingerprint density at radius 1 is 1.27 bits per heavy atom. The van der Waals surface area contributed by atoms with Gasteiger partial charge in [-0.2, -0.15) is 0 Å². The normalized spacial score (nSPS) is 26.4. The largest absolute Gasteiger partial charge is 0.458 e. The molecule has 2 heterocycles. The SMILES string of the molecule is CC1=CC(OC=C2CC(C)N(c3ccccc3)C2=O)OC1=O. The molecule has 0 aromatic heterocycles. The molecular weight excluding hydrogens is 282 g/mol. The van der Waals surface area contributed by atoms with E-state index in [0.29, 0.717) is 17.6 Å². The first-order valence-electron chi connectivity index (χ1n) is 7.19. The van der Waals surface area contributed by atoms with Gasteiger partial charge >= 0.3 is 5.97 Å². The number of anilines is 1. The van der Waals surface area contributed by atoms with Crippen LogP contribution in [0.5, 0.6) is 0 Å². The molecule has 2 aliphatic rings. The van der Waals surface area contributed by atoms with E-state index in [1.807, 2.05) is 37.3 Å². The maximum Gasteiger partial charge on any atom is 0.336 e. The molecule has 22 heavy (non-hydrogen) atoms. The van der Waals surface area contributed by atoms with Crippen molar-refractivity contribution in [3.63, 3.8) is 0 Å². The van der Waals surface area contributed by atoms with Crippen molar-refractivity contribution in [2.24, 2.45) is 0 Å². The van der Waals surface area contributed by atoms with Crippen LogP contribution in [0.4, 0.5) is 5.69 Å². The molecule has 5 nitrogen and oxygen atoms in total. The van der Waals surface area contributed by atoms with Gasteiger partial charge in [-0.3, -0.25) is 4.79 Å². The van der Waals surface area contributed by atoms with Gasteiger partial charge in [0.25, 0.3) is 12.2 Å². The summed E-state index contributed by atoms with van der Waals surface area (Å²) in [4.78, 5) is 25.5. The smallest absolute Gasteiger partial charge is 0.336 e. The Labute approximate surface area is 128 Å². The van der Waals surface area contributed by atoms with E-state index in [1.54, 1.807) is 17.9 Å². The van der Waals surface area contributed by atoms with Crippen LogP contribution < -0.4 is 4.90 Å². The molecule has 5 heteroatoms. The number of hydrogen-bond acceptors (Lipinski definition) is 4. The number of cyclic esters (lactones) is 1. The van der Waals surface area contributed by atoms with E-state index in [9.17, 15) is 9.59 Å². The third-order valence-electron chi connectivity index (χ3n) is 3.76. The summed E-state index contributed by atoms with van der Waals surface area (Å²) in [7, 11) is 0. The molecule has 0 bridgehead atoms. The van der Waals surface area contributed by atoms with Gasteiger partial charge in [-0.25, -0.2) is 4.79 Å². The van der Waals surface area contributed by atoms with Crippen LogP contribution in [0.3, 0.4) is 0 Å². The molecule has 2 atom stereocenters. The van der Waals surface area contributed by atoms with Crippen LogP contribution >= 0.6 is 0 Å². The average Bonchev–Trinajstić information content (AvgIpc) is 2.97. The van der Waals surface area contributed by atoms with Crippen molar-refractivity contribution < 1.29 is 19.1 Å². The molecule has 1 aromatic rings. The Balaban J connectivity index is 1.73. The molecule has 1 amide bonds. The van der Waals surface area contributed by atoms with E-state index < -0.39 is 6.29 Å². The van der Waals surface area contributed by atoms with Gasteiger partial charge in [0.15, 0.2) is 0 Å². The highest BCUT2D eigenvalue weighted by Crippen LogP contribution is 2.30. The summed E-state index contributed by atoms with van der Waals surface area (Å²) in [5.74, 6) is -0.468. The number of esters is 1. The molecule has 1 aromatic carbocycles. The second-order valence-corrected chi connectivity index (χ2v) is 5.47. The first-order chi connectivity index (χ1) is 10.6. The van der Waals surface area contributed by atoms with Crippen LogP contribution in [0.25, 0.3) is 0 Å². The standard InChI is InChI=1S/C17H17NO4/c1-11-8-15(22-17(11)20)21-10-13-9-12(2)18(16(13)19)14-6-4-3-5-7-14/h3-8,10,12,15H,9H2,1-2H3. The fourth-order valence-corrected chi connectivity index (χ4v) is 2.63. The number of benzene rings is 1. The van der Waals surface area contributed by atoms with E-state index in [-0.39, 0.29) is 17.9 Å². The average molecular weight is 299 g/mol. The maximum absolute atomic E-state index is 12.5. The highest BCUT2D eigenvalue weighted by atomic mass is 16.7. The van der Waals surface area contributed by atoms with Crippen molar-refractivity contribution in [2.75, 3.05) is 4.90 Å². The van der Waals surface area contributed by atoms with Crippen molar-refractivity contribution in [1.82, 2.24) is 0 Å². The second-order valence-electron chi connectivity index (χ2n) is 5.47. The predicted molar refractivity (Wildman–Crippen MR) is 80.8 cm³/mol. The molecule has 0 N–H and O–H groups in total. The summed E-state index contributed by atoms with van der Waals surface area (Å²) in [5, 5.41) is 0. The Hall–Kier alpha value is -2.56. The fourth-order valence-electron chi connectivity index (χ4n) is 2.63. The van der Waals surface area contributed by atoms with Gasteiger partial charge < -0.3 is 14.4 Å². The minimum absolute atomic E-state index is 0.0631. The number of nitrogens with zero attached hydrogens (tertiary/aromatic N) is 1. The number of para-hydroxylation sites is 1. The lowest BCUT2D eigenvalue weighted by atomic mass is 10.2. The molecule has 0 spiro atoms. The molecule has 2 aliphatic heterocycles.